The number of hydrogen-bond acceptors (Lipinski definition) is 3. The summed E-state index contributed by atoms with van der Waals surface area (Å²) < 4.78 is 0. The van der Waals surface area contributed by atoms with Crippen molar-refractivity contribution in [2.24, 2.45) is 5.92 Å². The fourth-order valence-electron chi connectivity index (χ4n) is 2.37. The minimum atomic E-state index is -0.859. The first-order chi connectivity index (χ1) is 9.21. The molecule has 0 radical (unpaired) electrons. The molecular weight excluding hydrogens is 260 g/mol. The summed E-state index contributed by atoms with van der Waals surface area (Å²) in [5.74, 6) is -0.939. The van der Waals surface area contributed by atoms with Crippen LogP contribution in [-0.4, -0.2) is 46.4 Å². The first-order valence-electron chi connectivity index (χ1n) is 7.00. The fourth-order valence-corrected chi connectivity index (χ4v) is 2.37. The third-order valence-corrected chi connectivity index (χ3v) is 3.74. The number of rotatable bonds is 5. The molecule has 6 heteroatoms. The van der Waals surface area contributed by atoms with E-state index < -0.39 is 11.5 Å². The van der Waals surface area contributed by atoms with Gasteiger partial charge in [-0.3, -0.25) is 14.4 Å². The molecule has 0 saturated carbocycles. The first-order valence-corrected chi connectivity index (χ1v) is 7.00. The first kappa shape index (κ1) is 16.5. The molecule has 0 aromatic heterocycles. The van der Waals surface area contributed by atoms with Gasteiger partial charge in [0.1, 0.15) is 0 Å². The second-order valence-electron chi connectivity index (χ2n) is 6.05. The Hall–Kier alpha value is -1.59. The van der Waals surface area contributed by atoms with Gasteiger partial charge in [-0.15, -0.1) is 0 Å². The lowest BCUT2D eigenvalue weighted by Gasteiger charge is -2.33. The van der Waals surface area contributed by atoms with E-state index in [4.69, 9.17) is 5.11 Å². The number of carboxylic acid groups (broad SMARTS) is 1. The van der Waals surface area contributed by atoms with Crippen LogP contribution >= 0.6 is 0 Å². The van der Waals surface area contributed by atoms with Crippen molar-refractivity contribution in [2.75, 3.05) is 13.1 Å². The Morgan fingerprint density at radius 3 is 2.25 bits per heavy atom. The van der Waals surface area contributed by atoms with Gasteiger partial charge in [0.15, 0.2) is 0 Å². The van der Waals surface area contributed by atoms with Gasteiger partial charge in [-0.05, 0) is 33.1 Å². The molecule has 1 saturated heterocycles. The van der Waals surface area contributed by atoms with Crippen molar-refractivity contribution in [2.45, 2.75) is 52.0 Å². The highest BCUT2D eigenvalue weighted by Gasteiger charge is 2.29. The van der Waals surface area contributed by atoms with Crippen LogP contribution in [0.1, 0.15) is 46.5 Å². The minimum absolute atomic E-state index is 0.0378. The highest BCUT2D eigenvalue weighted by atomic mass is 16.4. The van der Waals surface area contributed by atoms with Gasteiger partial charge in [-0.1, -0.05) is 0 Å². The van der Waals surface area contributed by atoms with Crippen molar-refractivity contribution in [3.8, 4) is 0 Å². The van der Waals surface area contributed by atoms with Crippen LogP contribution in [-0.2, 0) is 14.4 Å². The summed E-state index contributed by atoms with van der Waals surface area (Å²) in [6.45, 7) is 6.43. The van der Waals surface area contributed by atoms with Crippen LogP contribution < -0.4 is 5.32 Å². The molecule has 0 unspecified atom stereocenters. The molecule has 0 spiro atoms. The molecule has 1 fully saturated rings. The van der Waals surface area contributed by atoms with E-state index in [9.17, 15) is 14.4 Å². The van der Waals surface area contributed by atoms with E-state index in [1.807, 2.05) is 13.8 Å². The maximum absolute atomic E-state index is 12.2. The number of likely N-dealkylation sites (tertiary alicyclic amines) is 1. The maximum atomic E-state index is 12.2. The van der Waals surface area contributed by atoms with Crippen LogP contribution in [0, 0.1) is 5.92 Å². The summed E-state index contributed by atoms with van der Waals surface area (Å²) in [4.78, 5) is 35.7. The molecule has 1 aliphatic rings. The second kappa shape index (κ2) is 6.72. The van der Waals surface area contributed by atoms with Gasteiger partial charge in [0.25, 0.3) is 0 Å². The normalized spacial score (nSPS) is 16.9. The monoisotopic (exact) mass is 284 g/mol. The molecule has 0 aliphatic carbocycles. The zero-order chi connectivity index (χ0) is 15.3. The molecule has 0 atom stereocenters. The number of aliphatic carboxylic acids is 1. The van der Waals surface area contributed by atoms with E-state index in [1.165, 1.54) is 6.92 Å². The van der Waals surface area contributed by atoms with Crippen molar-refractivity contribution in [1.82, 2.24) is 10.2 Å². The molecule has 0 bridgehead atoms. The average molecular weight is 284 g/mol. The lowest BCUT2D eigenvalue weighted by molar-refractivity contribution is -0.138. The van der Waals surface area contributed by atoms with Crippen molar-refractivity contribution < 1.29 is 19.5 Å². The molecule has 2 N–H and O–H groups in total. The van der Waals surface area contributed by atoms with Crippen LogP contribution in [0.3, 0.4) is 0 Å². The number of carbonyl (C=O) groups is 3. The van der Waals surface area contributed by atoms with Crippen LogP contribution in [0.5, 0.6) is 0 Å². The quantitative estimate of drug-likeness (QED) is 0.788. The summed E-state index contributed by atoms with van der Waals surface area (Å²) in [5.41, 5.74) is -0.521. The van der Waals surface area contributed by atoms with E-state index in [-0.39, 0.29) is 24.2 Å². The largest absolute Gasteiger partial charge is 0.481 e. The van der Waals surface area contributed by atoms with Gasteiger partial charge in [-0.2, -0.15) is 0 Å². The Kier molecular flexibility index (Phi) is 5.53. The Morgan fingerprint density at radius 1 is 1.25 bits per heavy atom. The Bertz CT molecular complexity index is 385. The predicted octanol–water partition coefficient (Wildman–Crippen LogP) is 1.00. The molecule has 114 valence electrons. The minimum Gasteiger partial charge on any atom is -0.481 e. The number of amides is 2. The molecular formula is C14H24N2O4. The van der Waals surface area contributed by atoms with Gasteiger partial charge in [0.2, 0.25) is 11.8 Å². The van der Waals surface area contributed by atoms with E-state index >= 15 is 0 Å². The molecule has 0 aromatic rings. The Balaban J connectivity index is 2.43. The topological polar surface area (TPSA) is 86.7 Å². The van der Waals surface area contributed by atoms with E-state index in [2.05, 4.69) is 5.32 Å². The average Bonchev–Trinajstić information content (AvgIpc) is 2.36. The van der Waals surface area contributed by atoms with Crippen LogP contribution in [0.2, 0.25) is 0 Å². The molecule has 1 aliphatic heterocycles. The molecule has 0 aromatic carbocycles. The maximum Gasteiger partial charge on any atom is 0.303 e. The summed E-state index contributed by atoms with van der Waals surface area (Å²) >= 11 is 0. The molecule has 1 rings (SSSR count). The standard InChI is InChI=1S/C14H24N2O4/c1-10(17)16-8-5-11(6-9-16)13(20)15-14(2,3)7-4-12(18)19/h11H,4-9H2,1-3H3,(H,15,20)(H,18,19). The molecule has 6 nitrogen and oxygen atoms in total. The van der Waals surface area contributed by atoms with E-state index in [0.717, 1.165) is 0 Å². The fraction of sp³-hybridized carbons (Fsp3) is 0.786. The highest BCUT2D eigenvalue weighted by molar-refractivity contribution is 5.80. The Morgan fingerprint density at radius 2 is 1.80 bits per heavy atom. The summed E-state index contributed by atoms with van der Waals surface area (Å²) in [6.07, 6.45) is 1.78. The van der Waals surface area contributed by atoms with E-state index in [1.54, 1.807) is 4.90 Å². The van der Waals surface area contributed by atoms with Crippen LogP contribution in [0.4, 0.5) is 0 Å². The zero-order valence-corrected chi connectivity index (χ0v) is 12.4. The lowest BCUT2D eigenvalue weighted by Crippen LogP contribution is -2.49. The third-order valence-electron chi connectivity index (χ3n) is 3.74. The number of carboxylic acids is 1. The van der Waals surface area contributed by atoms with Crippen molar-refractivity contribution >= 4 is 17.8 Å². The summed E-state index contributed by atoms with van der Waals surface area (Å²) in [5, 5.41) is 11.6. The number of hydrogen-bond donors (Lipinski definition) is 2. The van der Waals surface area contributed by atoms with Crippen LogP contribution in [0.15, 0.2) is 0 Å². The van der Waals surface area contributed by atoms with E-state index in [0.29, 0.717) is 32.4 Å². The summed E-state index contributed by atoms with van der Waals surface area (Å²) in [7, 11) is 0. The lowest BCUT2D eigenvalue weighted by atomic mass is 9.92. The van der Waals surface area contributed by atoms with Gasteiger partial charge in [0, 0.05) is 37.9 Å². The zero-order valence-electron chi connectivity index (χ0n) is 12.4. The number of nitrogens with one attached hydrogen (secondary N) is 1. The van der Waals surface area contributed by atoms with Crippen molar-refractivity contribution in [3.63, 3.8) is 0 Å². The predicted molar refractivity (Wildman–Crippen MR) is 74.1 cm³/mol. The van der Waals surface area contributed by atoms with Gasteiger partial charge < -0.3 is 15.3 Å². The van der Waals surface area contributed by atoms with Crippen LogP contribution in [0.25, 0.3) is 0 Å². The SMILES string of the molecule is CC(=O)N1CCC(C(=O)NC(C)(C)CCC(=O)O)CC1. The van der Waals surface area contributed by atoms with Crippen molar-refractivity contribution in [3.05, 3.63) is 0 Å². The van der Waals surface area contributed by atoms with Gasteiger partial charge in [0.05, 0.1) is 0 Å². The molecule has 20 heavy (non-hydrogen) atoms. The third kappa shape index (κ3) is 5.19. The van der Waals surface area contributed by atoms with Crippen molar-refractivity contribution in [1.29, 1.82) is 0 Å². The van der Waals surface area contributed by atoms with Gasteiger partial charge in [-0.25, -0.2) is 0 Å². The number of piperidine rings is 1. The Labute approximate surface area is 119 Å². The molecule has 1 heterocycles. The second-order valence-corrected chi connectivity index (χ2v) is 6.05. The number of nitrogens with zero attached hydrogens (tertiary/aromatic N) is 1. The highest BCUT2D eigenvalue weighted by Crippen LogP contribution is 2.20. The summed E-state index contributed by atoms with van der Waals surface area (Å²) in [6, 6.07) is 0. The number of carbonyl (C=O) groups excluding carboxylic acids is 2. The van der Waals surface area contributed by atoms with Gasteiger partial charge >= 0.3 is 5.97 Å². The molecule has 2 amide bonds. The smallest absolute Gasteiger partial charge is 0.303 e.